The van der Waals surface area contributed by atoms with Crippen LogP contribution in [0.4, 0.5) is 4.79 Å². The van der Waals surface area contributed by atoms with Gasteiger partial charge in [0.2, 0.25) is 11.8 Å². The zero-order valence-electron chi connectivity index (χ0n) is 20.6. The van der Waals surface area contributed by atoms with Crippen molar-refractivity contribution >= 4 is 30.2 Å². The van der Waals surface area contributed by atoms with E-state index in [1.807, 2.05) is 0 Å². The van der Waals surface area contributed by atoms with Crippen LogP contribution in [0.5, 0.6) is 5.75 Å². The van der Waals surface area contributed by atoms with Crippen LogP contribution in [-0.4, -0.2) is 48.8 Å². The number of hydrogen-bond acceptors (Lipinski definition) is 7. The molecule has 3 N–H and O–H groups in total. The molecule has 0 radical (unpaired) electrons. The van der Waals surface area contributed by atoms with Gasteiger partial charge in [-0.2, -0.15) is 0 Å². The minimum Gasteiger partial charge on any atom is -0.445 e. The molecule has 2 aliphatic rings. The lowest BCUT2D eigenvalue weighted by atomic mass is 9.84. The molecule has 3 amide bonds. The second-order valence-corrected chi connectivity index (χ2v) is 9.52. The smallest absolute Gasteiger partial charge is 0.408 e. The number of esters is 1. The number of carbonyl (C=O) groups is 5. The Hall–Kier alpha value is -3.43. The normalized spacial score (nSPS) is 19.5. The van der Waals surface area contributed by atoms with Gasteiger partial charge < -0.3 is 30.2 Å². The van der Waals surface area contributed by atoms with Crippen molar-refractivity contribution in [1.82, 2.24) is 16.0 Å². The first-order valence-electron chi connectivity index (χ1n) is 12.6. The highest BCUT2D eigenvalue weighted by Gasteiger charge is 2.31. The highest BCUT2D eigenvalue weighted by molar-refractivity contribution is 5.88. The Balaban J connectivity index is 1.59. The Labute approximate surface area is 210 Å². The molecule has 1 saturated heterocycles. The number of aldehydes is 1. The van der Waals surface area contributed by atoms with Gasteiger partial charge >= 0.3 is 12.1 Å². The van der Waals surface area contributed by atoms with Crippen molar-refractivity contribution in [1.29, 1.82) is 0 Å². The van der Waals surface area contributed by atoms with E-state index in [2.05, 4.69) is 16.0 Å². The summed E-state index contributed by atoms with van der Waals surface area (Å²) in [4.78, 5) is 60.4. The van der Waals surface area contributed by atoms with Gasteiger partial charge in [-0.15, -0.1) is 0 Å². The Bertz CT molecular complexity index is 945. The van der Waals surface area contributed by atoms with Crippen LogP contribution in [-0.2, 0) is 30.5 Å². The Kier molecular flexibility index (Phi) is 10.3. The molecular weight excluding hydrogens is 466 g/mol. The Morgan fingerprint density at radius 1 is 1.11 bits per heavy atom. The molecule has 1 aromatic rings. The molecule has 1 aliphatic heterocycles. The summed E-state index contributed by atoms with van der Waals surface area (Å²) in [5, 5.41) is 8.09. The van der Waals surface area contributed by atoms with E-state index < -0.39 is 30.1 Å². The molecule has 10 heteroatoms. The van der Waals surface area contributed by atoms with E-state index in [0.717, 1.165) is 32.1 Å². The number of benzene rings is 1. The van der Waals surface area contributed by atoms with Gasteiger partial charge in [0.25, 0.3) is 0 Å². The fourth-order valence-electron chi connectivity index (χ4n) is 4.79. The lowest BCUT2D eigenvalue weighted by Crippen LogP contribution is -2.51. The van der Waals surface area contributed by atoms with Crippen molar-refractivity contribution in [3.8, 4) is 5.75 Å². The maximum Gasteiger partial charge on any atom is 0.408 e. The van der Waals surface area contributed by atoms with Gasteiger partial charge in [0.1, 0.15) is 24.7 Å². The topological polar surface area (TPSA) is 140 Å². The molecule has 3 rings (SSSR count). The first kappa shape index (κ1) is 27.2. The van der Waals surface area contributed by atoms with E-state index in [1.54, 1.807) is 24.3 Å². The first-order valence-corrected chi connectivity index (χ1v) is 12.6. The van der Waals surface area contributed by atoms with Crippen molar-refractivity contribution in [3.63, 3.8) is 0 Å². The number of amides is 3. The summed E-state index contributed by atoms with van der Waals surface area (Å²) < 4.78 is 10.4. The maximum atomic E-state index is 13.1. The zero-order valence-corrected chi connectivity index (χ0v) is 20.6. The van der Waals surface area contributed by atoms with E-state index >= 15 is 0 Å². The van der Waals surface area contributed by atoms with Crippen molar-refractivity contribution in [2.45, 2.75) is 77.0 Å². The predicted octanol–water partition coefficient (Wildman–Crippen LogP) is 2.39. The minimum absolute atomic E-state index is 0.0769. The molecule has 0 spiro atoms. The average molecular weight is 502 g/mol. The summed E-state index contributed by atoms with van der Waals surface area (Å²) in [5.74, 6) is -0.735. The number of alkyl carbamates (subject to hydrolysis) is 1. The van der Waals surface area contributed by atoms with Gasteiger partial charge in [0.05, 0.1) is 6.04 Å². The third kappa shape index (κ3) is 8.66. The van der Waals surface area contributed by atoms with Crippen molar-refractivity contribution in [2.75, 3.05) is 6.54 Å². The standard InChI is InChI=1S/C26H35N3O7/c1-17(31)36-22-9-5-8-19(12-22)16-35-26(34)29-23(13-18-6-3-2-4-7-18)25(33)28-21(15-30)14-20-10-11-27-24(20)32/h5,8-9,12,15,18,20-21,23H,2-4,6-7,10-11,13-14,16H2,1H3,(H,27,32)(H,28,33)(H,29,34)/t20-,21?,23?/m0/s1. The Morgan fingerprint density at radius 3 is 2.56 bits per heavy atom. The maximum absolute atomic E-state index is 13.1. The van der Waals surface area contributed by atoms with Gasteiger partial charge in [-0.3, -0.25) is 14.4 Å². The van der Waals surface area contributed by atoms with Crippen LogP contribution in [0.2, 0.25) is 0 Å². The molecule has 0 aromatic heterocycles. The molecule has 3 atom stereocenters. The molecule has 1 saturated carbocycles. The van der Waals surface area contributed by atoms with Crippen LogP contribution in [0.25, 0.3) is 0 Å². The predicted molar refractivity (Wildman–Crippen MR) is 130 cm³/mol. The average Bonchev–Trinajstić information content (AvgIpc) is 3.26. The van der Waals surface area contributed by atoms with Gasteiger partial charge in [0.15, 0.2) is 0 Å². The summed E-state index contributed by atoms with van der Waals surface area (Å²) in [7, 11) is 0. The van der Waals surface area contributed by atoms with Crippen molar-refractivity contribution in [2.24, 2.45) is 11.8 Å². The number of hydrogen-bond donors (Lipinski definition) is 3. The largest absolute Gasteiger partial charge is 0.445 e. The van der Waals surface area contributed by atoms with E-state index in [-0.39, 0.29) is 30.8 Å². The van der Waals surface area contributed by atoms with Gasteiger partial charge in [-0.05, 0) is 42.9 Å². The number of rotatable bonds is 11. The van der Waals surface area contributed by atoms with E-state index in [4.69, 9.17) is 9.47 Å². The van der Waals surface area contributed by atoms with E-state index in [9.17, 15) is 24.0 Å². The van der Waals surface area contributed by atoms with Gasteiger partial charge in [-0.1, -0.05) is 44.2 Å². The van der Waals surface area contributed by atoms with Gasteiger partial charge in [0, 0.05) is 19.4 Å². The summed E-state index contributed by atoms with van der Waals surface area (Å²) in [6, 6.07) is 4.93. The summed E-state index contributed by atoms with van der Waals surface area (Å²) in [6.07, 6.45) is 6.42. The molecule has 1 aliphatic carbocycles. The molecule has 196 valence electrons. The number of carbonyl (C=O) groups excluding carboxylic acids is 5. The van der Waals surface area contributed by atoms with Crippen LogP contribution < -0.4 is 20.7 Å². The lowest BCUT2D eigenvalue weighted by Gasteiger charge is -2.27. The molecule has 1 heterocycles. The molecule has 10 nitrogen and oxygen atoms in total. The quantitative estimate of drug-likeness (QED) is 0.240. The molecule has 36 heavy (non-hydrogen) atoms. The Morgan fingerprint density at radius 2 is 1.89 bits per heavy atom. The van der Waals surface area contributed by atoms with Crippen LogP contribution >= 0.6 is 0 Å². The number of ether oxygens (including phenoxy) is 2. The molecule has 2 unspecified atom stereocenters. The van der Waals surface area contributed by atoms with Crippen molar-refractivity contribution in [3.05, 3.63) is 29.8 Å². The highest BCUT2D eigenvalue weighted by atomic mass is 16.5. The monoisotopic (exact) mass is 501 g/mol. The molecule has 1 aromatic carbocycles. The summed E-state index contributed by atoms with van der Waals surface area (Å²) >= 11 is 0. The molecular formula is C26H35N3O7. The van der Waals surface area contributed by atoms with Crippen LogP contribution in [0.3, 0.4) is 0 Å². The second-order valence-electron chi connectivity index (χ2n) is 9.52. The highest BCUT2D eigenvalue weighted by Crippen LogP contribution is 2.27. The number of nitrogens with one attached hydrogen (secondary N) is 3. The summed E-state index contributed by atoms with van der Waals surface area (Å²) in [6.45, 7) is 1.78. The fourth-order valence-corrected chi connectivity index (χ4v) is 4.79. The third-order valence-corrected chi connectivity index (χ3v) is 6.63. The van der Waals surface area contributed by atoms with E-state index in [0.29, 0.717) is 37.0 Å². The first-order chi connectivity index (χ1) is 17.3. The third-order valence-electron chi connectivity index (χ3n) is 6.63. The lowest BCUT2D eigenvalue weighted by molar-refractivity contribution is -0.132. The second kappa shape index (κ2) is 13.6. The van der Waals surface area contributed by atoms with Gasteiger partial charge in [-0.25, -0.2) is 4.79 Å². The summed E-state index contributed by atoms with van der Waals surface area (Å²) in [5.41, 5.74) is 0.619. The zero-order chi connectivity index (χ0) is 25.9. The van der Waals surface area contributed by atoms with E-state index in [1.165, 1.54) is 6.92 Å². The van der Waals surface area contributed by atoms with Crippen LogP contribution in [0.1, 0.15) is 63.9 Å². The van der Waals surface area contributed by atoms with Crippen LogP contribution in [0.15, 0.2) is 24.3 Å². The van der Waals surface area contributed by atoms with Crippen molar-refractivity contribution < 1.29 is 33.4 Å². The van der Waals surface area contributed by atoms with Crippen LogP contribution in [0, 0.1) is 11.8 Å². The fraction of sp³-hybridized carbons (Fsp3) is 0.577. The minimum atomic E-state index is -0.868. The molecule has 0 bridgehead atoms. The SMILES string of the molecule is CC(=O)Oc1cccc(COC(=O)NC(CC2CCCCC2)C(=O)NC(C=O)C[C@@H]2CCNC2=O)c1. The molecule has 2 fully saturated rings.